The normalized spacial score (nSPS) is 11.7. The molecule has 0 aliphatic carbocycles. The van der Waals surface area contributed by atoms with Gasteiger partial charge in [0.15, 0.2) is 0 Å². The molecule has 0 amide bonds. The van der Waals surface area contributed by atoms with Crippen molar-refractivity contribution in [3.05, 3.63) is 68.9 Å². The van der Waals surface area contributed by atoms with Crippen LogP contribution >= 0.6 is 59.4 Å². The van der Waals surface area contributed by atoms with Crippen LogP contribution in [-0.4, -0.2) is 10.7 Å². The fraction of sp³-hybridized carbons (Fsp3) is 0.250. The third-order valence-corrected chi connectivity index (χ3v) is 6.36. The van der Waals surface area contributed by atoms with E-state index in [0.717, 1.165) is 10.0 Å². The molecule has 0 heterocycles. The van der Waals surface area contributed by atoms with Crippen molar-refractivity contribution < 1.29 is 4.39 Å². The van der Waals surface area contributed by atoms with Crippen molar-refractivity contribution in [3.63, 3.8) is 0 Å². The molecule has 0 radical (unpaired) electrons. The van der Waals surface area contributed by atoms with E-state index in [0.29, 0.717) is 27.7 Å². The highest BCUT2D eigenvalue weighted by Crippen LogP contribution is 2.35. The molecule has 112 valence electrons. The Kier molecular flexibility index (Phi) is 6.30. The molecule has 0 atom stereocenters. The van der Waals surface area contributed by atoms with Gasteiger partial charge in [0.05, 0.1) is 0 Å². The van der Waals surface area contributed by atoms with E-state index in [1.54, 1.807) is 12.1 Å². The van der Waals surface area contributed by atoms with E-state index in [4.69, 9.17) is 11.6 Å². The summed E-state index contributed by atoms with van der Waals surface area (Å²) in [5.74, 6) is -0.222. The minimum absolute atomic E-state index is 0.222. The smallest absolute Gasteiger partial charge is 0.126 e. The summed E-state index contributed by atoms with van der Waals surface area (Å²) in [6, 6.07) is 12.8. The molecular weight excluding hydrogens is 486 g/mol. The highest BCUT2D eigenvalue weighted by atomic mass is 79.9. The number of benzene rings is 2. The van der Waals surface area contributed by atoms with E-state index < -0.39 is 0 Å². The summed E-state index contributed by atoms with van der Waals surface area (Å²) in [6.07, 6.45) is 0.562. The van der Waals surface area contributed by atoms with Crippen molar-refractivity contribution in [2.45, 2.75) is 11.8 Å². The Balaban J connectivity index is 2.45. The minimum Gasteiger partial charge on any atom is -0.207 e. The zero-order valence-corrected chi connectivity index (χ0v) is 16.6. The minimum atomic E-state index is -0.241. The van der Waals surface area contributed by atoms with E-state index in [1.807, 2.05) is 12.1 Å². The molecule has 0 aliphatic rings. The van der Waals surface area contributed by atoms with Gasteiger partial charge in [-0.1, -0.05) is 71.5 Å². The number of rotatable bonds is 5. The van der Waals surface area contributed by atoms with Crippen LogP contribution in [0, 0.1) is 5.82 Å². The molecule has 0 spiro atoms. The van der Waals surface area contributed by atoms with Crippen LogP contribution in [0.25, 0.3) is 0 Å². The topological polar surface area (TPSA) is 0 Å². The van der Waals surface area contributed by atoms with E-state index in [-0.39, 0.29) is 11.2 Å². The van der Waals surface area contributed by atoms with Crippen molar-refractivity contribution in [1.82, 2.24) is 0 Å². The van der Waals surface area contributed by atoms with Gasteiger partial charge in [0.25, 0.3) is 0 Å². The van der Waals surface area contributed by atoms with Crippen molar-refractivity contribution >= 4 is 59.4 Å². The molecule has 0 nitrogen and oxygen atoms in total. The van der Waals surface area contributed by atoms with Gasteiger partial charge >= 0.3 is 0 Å². The van der Waals surface area contributed by atoms with Crippen LogP contribution in [0.1, 0.15) is 11.1 Å². The van der Waals surface area contributed by atoms with Gasteiger partial charge in [-0.05, 0) is 47.9 Å². The average molecular weight is 499 g/mol. The van der Waals surface area contributed by atoms with Crippen LogP contribution in [0.3, 0.4) is 0 Å². The average Bonchev–Trinajstić information content (AvgIpc) is 2.48. The first-order chi connectivity index (χ1) is 10.0. The summed E-state index contributed by atoms with van der Waals surface area (Å²) in [5, 5.41) is 1.99. The third-order valence-electron chi connectivity index (χ3n) is 3.49. The SMILES string of the molecule is Fc1ccc(Cl)cc1CC(CBr)(CBr)c1cccc(Br)c1. The monoisotopic (exact) mass is 496 g/mol. The maximum absolute atomic E-state index is 14.1. The lowest BCUT2D eigenvalue weighted by Crippen LogP contribution is -2.33. The first-order valence-electron chi connectivity index (χ1n) is 6.33. The molecule has 0 unspecified atom stereocenters. The molecule has 0 aromatic heterocycles. The summed E-state index contributed by atoms with van der Waals surface area (Å²) in [5.41, 5.74) is 1.53. The summed E-state index contributed by atoms with van der Waals surface area (Å²) >= 11 is 16.7. The first-order valence-corrected chi connectivity index (χ1v) is 9.74. The van der Waals surface area contributed by atoms with Crippen molar-refractivity contribution in [1.29, 1.82) is 0 Å². The summed E-state index contributed by atoms with van der Waals surface area (Å²) < 4.78 is 15.1. The van der Waals surface area contributed by atoms with Gasteiger partial charge in [0.2, 0.25) is 0 Å². The standard InChI is InChI=1S/C16H13Br3ClF/c17-9-16(10-18,12-2-1-3-13(19)7-12)8-11-6-14(20)4-5-15(11)21/h1-7H,8-10H2. The van der Waals surface area contributed by atoms with E-state index >= 15 is 0 Å². The number of halogens is 5. The first kappa shape index (κ1) is 17.5. The molecule has 5 heteroatoms. The zero-order chi connectivity index (χ0) is 15.5. The Morgan fingerprint density at radius 1 is 1.05 bits per heavy atom. The Bertz CT molecular complexity index is 627. The second kappa shape index (κ2) is 7.58. The molecule has 2 aromatic carbocycles. The van der Waals surface area contributed by atoms with Gasteiger partial charge in [-0.15, -0.1) is 0 Å². The maximum atomic E-state index is 14.1. The quantitative estimate of drug-likeness (QED) is 0.412. The van der Waals surface area contributed by atoms with E-state index in [9.17, 15) is 4.39 Å². The number of alkyl halides is 2. The predicted octanol–water partition coefficient (Wildman–Crippen LogP) is 6.51. The second-order valence-corrected chi connectivity index (χ2v) is 7.44. The molecule has 0 saturated carbocycles. The summed E-state index contributed by atoms with van der Waals surface area (Å²) in [4.78, 5) is 0. The molecule has 2 rings (SSSR count). The Hall–Kier alpha value is 0.1000. The van der Waals surface area contributed by atoms with Crippen molar-refractivity contribution in [2.24, 2.45) is 0 Å². The van der Waals surface area contributed by atoms with Crippen LogP contribution in [0.4, 0.5) is 4.39 Å². The molecule has 0 aliphatic heterocycles. The lowest BCUT2D eigenvalue weighted by atomic mass is 9.79. The summed E-state index contributed by atoms with van der Waals surface area (Å²) in [7, 11) is 0. The predicted molar refractivity (Wildman–Crippen MR) is 98.5 cm³/mol. The lowest BCUT2D eigenvalue weighted by molar-refractivity contribution is 0.522. The highest BCUT2D eigenvalue weighted by molar-refractivity contribution is 9.10. The van der Waals surface area contributed by atoms with Gasteiger partial charge in [-0.3, -0.25) is 0 Å². The molecule has 0 N–H and O–H groups in total. The molecule has 2 aromatic rings. The zero-order valence-electron chi connectivity index (χ0n) is 11.1. The van der Waals surface area contributed by atoms with Crippen molar-refractivity contribution in [3.8, 4) is 0 Å². The van der Waals surface area contributed by atoms with Gasteiger partial charge in [0, 0.05) is 25.6 Å². The fourth-order valence-corrected chi connectivity index (χ4v) is 4.81. The van der Waals surface area contributed by atoms with Crippen LogP contribution < -0.4 is 0 Å². The molecule has 21 heavy (non-hydrogen) atoms. The van der Waals surface area contributed by atoms with Crippen LogP contribution in [-0.2, 0) is 11.8 Å². The maximum Gasteiger partial charge on any atom is 0.126 e. The lowest BCUT2D eigenvalue weighted by Gasteiger charge is -2.31. The molecular formula is C16H13Br3ClF. The van der Waals surface area contributed by atoms with E-state index in [2.05, 4.69) is 59.9 Å². The highest BCUT2D eigenvalue weighted by Gasteiger charge is 2.31. The third kappa shape index (κ3) is 4.10. The molecule has 0 saturated heterocycles. The number of hydrogen-bond acceptors (Lipinski definition) is 0. The second-order valence-electron chi connectivity index (χ2n) is 4.97. The van der Waals surface area contributed by atoms with Crippen LogP contribution in [0.15, 0.2) is 46.9 Å². The Morgan fingerprint density at radius 3 is 2.38 bits per heavy atom. The van der Waals surface area contributed by atoms with Gasteiger partial charge in [0.1, 0.15) is 5.82 Å². The fourth-order valence-electron chi connectivity index (χ4n) is 2.25. The van der Waals surface area contributed by atoms with Crippen molar-refractivity contribution in [2.75, 3.05) is 10.7 Å². The Morgan fingerprint density at radius 2 is 1.76 bits per heavy atom. The summed E-state index contributed by atoms with van der Waals surface area (Å²) in [6.45, 7) is 0. The van der Waals surface area contributed by atoms with Gasteiger partial charge in [-0.25, -0.2) is 4.39 Å². The van der Waals surface area contributed by atoms with Crippen LogP contribution in [0.2, 0.25) is 5.02 Å². The molecule has 0 bridgehead atoms. The Labute approximate surface area is 154 Å². The van der Waals surface area contributed by atoms with Crippen LogP contribution in [0.5, 0.6) is 0 Å². The number of hydrogen-bond donors (Lipinski definition) is 0. The van der Waals surface area contributed by atoms with Gasteiger partial charge in [-0.2, -0.15) is 0 Å². The van der Waals surface area contributed by atoms with E-state index in [1.165, 1.54) is 6.07 Å². The molecule has 0 fully saturated rings. The largest absolute Gasteiger partial charge is 0.207 e. The van der Waals surface area contributed by atoms with Gasteiger partial charge < -0.3 is 0 Å².